The summed E-state index contributed by atoms with van der Waals surface area (Å²) in [5.41, 5.74) is 1.94. The molecule has 0 aromatic heterocycles. The number of fused-ring (bicyclic) bond motifs is 2. The van der Waals surface area contributed by atoms with Gasteiger partial charge in [0.2, 0.25) is 0 Å². The molecular formula is C23H27NO6. The first kappa shape index (κ1) is 20.7. The van der Waals surface area contributed by atoms with E-state index in [1.54, 1.807) is 37.4 Å². The number of hydrogen-bond acceptors (Lipinski definition) is 6. The zero-order valence-electron chi connectivity index (χ0n) is 17.0. The summed E-state index contributed by atoms with van der Waals surface area (Å²) < 4.78 is 17.1. The Bertz CT molecular complexity index is 872. The Morgan fingerprint density at radius 1 is 1.10 bits per heavy atom. The molecule has 7 heteroatoms. The number of carboxylic acid groups (broad SMARTS) is 1. The number of hydrogen-bond donors (Lipinski definition) is 2. The van der Waals surface area contributed by atoms with Gasteiger partial charge >= 0.3 is 5.97 Å². The van der Waals surface area contributed by atoms with E-state index in [9.17, 15) is 9.90 Å². The van der Waals surface area contributed by atoms with E-state index in [1.165, 1.54) is 0 Å². The second kappa shape index (κ2) is 9.04. The quantitative estimate of drug-likeness (QED) is 0.688. The summed E-state index contributed by atoms with van der Waals surface area (Å²) in [6.45, 7) is 2.47. The lowest BCUT2D eigenvalue weighted by atomic mass is 10.0. The second-order valence-electron chi connectivity index (χ2n) is 7.92. The molecule has 3 atom stereocenters. The summed E-state index contributed by atoms with van der Waals surface area (Å²) in [5, 5.41) is 19.5. The normalized spacial score (nSPS) is 21.9. The molecule has 2 aromatic rings. The number of β-amino-alcohol motifs (C(OH)–C–C–N with tert-alkyl or cyclic N) is 1. The van der Waals surface area contributed by atoms with Crippen molar-refractivity contribution in [2.75, 3.05) is 33.4 Å². The maximum atomic E-state index is 11.1. The largest absolute Gasteiger partial charge is 0.497 e. The summed E-state index contributed by atoms with van der Waals surface area (Å²) >= 11 is 0. The number of carbonyl (C=O) groups is 1. The highest BCUT2D eigenvalue weighted by molar-refractivity contribution is 5.88. The molecule has 2 fully saturated rings. The Hall–Kier alpha value is -2.61. The van der Waals surface area contributed by atoms with Gasteiger partial charge in [-0.25, -0.2) is 4.79 Å². The van der Waals surface area contributed by atoms with Crippen molar-refractivity contribution < 1.29 is 29.2 Å². The zero-order chi connectivity index (χ0) is 21.1. The fourth-order valence-corrected chi connectivity index (χ4v) is 4.14. The van der Waals surface area contributed by atoms with Crippen LogP contribution >= 0.6 is 0 Å². The Morgan fingerprint density at radius 3 is 2.40 bits per heavy atom. The summed E-state index contributed by atoms with van der Waals surface area (Å²) in [6.07, 6.45) is 2.20. The molecule has 2 N–H and O–H groups in total. The first-order chi connectivity index (χ1) is 14.5. The molecule has 2 aliphatic rings. The molecule has 30 heavy (non-hydrogen) atoms. The molecule has 2 bridgehead atoms. The van der Waals surface area contributed by atoms with E-state index in [4.69, 9.17) is 19.3 Å². The Labute approximate surface area is 175 Å². The lowest BCUT2D eigenvalue weighted by molar-refractivity contribution is -0.0528. The Morgan fingerprint density at radius 2 is 1.77 bits per heavy atom. The third-order valence-corrected chi connectivity index (χ3v) is 5.61. The molecule has 2 heterocycles. The third kappa shape index (κ3) is 4.92. The van der Waals surface area contributed by atoms with Crippen LogP contribution in [0.2, 0.25) is 0 Å². The van der Waals surface area contributed by atoms with Gasteiger partial charge in [-0.2, -0.15) is 0 Å². The molecule has 0 saturated carbocycles. The number of aliphatic hydroxyl groups excluding tert-OH is 1. The van der Waals surface area contributed by atoms with Gasteiger partial charge in [0, 0.05) is 25.7 Å². The third-order valence-electron chi connectivity index (χ3n) is 5.61. The number of ether oxygens (including phenoxy) is 3. The molecule has 4 rings (SSSR count). The Kier molecular flexibility index (Phi) is 6.22. The molecule has 160 valence electrons. The minimum atomic E-state index is -0.960. The number of morpholine rings is 1. The number of benzene rings is 2. The molecule has 2 saturated heterocycles. The molecule has 0 amide bonds. The van der Waals surface area contributed by atoms with Crippen molar-refractivity contribution in [2.24, 2.45) is 0 Å². The topological polar surface area (TPSA) is 88.5 Å². The number of aliphatic hydroxyl groups is 1. The van der Waals surface area contributed by atoms with Crippen molar-refractivity contribution in [3.8, 4) is 22.6 Å². The highest BCUT2D eigenvalue weighted by atomic mass is 16.5. The molecule has 0 aliphatic carbocycles. The van der Waals surface area contributed by atoms with E-state index >= 15 is 0 Å². The van der Waals surface area contributed by atoms with Crippen LogP contribution in [0.15, 0.2) is 42.5 Å². The van der Waals surface area contributed by atoms with Gasteiger partial charge < -0.3 is 24.4 Å². The molecule has 7 nitrogen and oxygen atoms in total. The summed E-state index contributed by atoms with van der Waals surface area (Å²) in [6, 6.07) is 12.1. The SMILES string of the molecule is COc1cc(OCC(O)CN2C[C@H]3CC[C@@H](C2)O3)cc(-c2ccc(C(=O)O)cc2)c1. The highest BCUT2D eigenvalue weighted by Crippen LogP contribution is 2.30. The van der Waals surface area contributed by atoms with Crippen LogP contribution in [0.3, 0.4) is 0 Å². The van der Waals surface area contributed by atoms with E-state index < -0.39 is 12.1 Å². The van der Waals surface area contributed by atoms with Crippen LogP contribution in [-0.4, -0.2) is 72.7 Å². The van der Waals surface area contributed by atoms with Crippen molar-refractivity contribution in [2.45, 2.75) is 31.2 Å². The fourth-order valence-electron chi connectivity index (χ4n) is 4.14. The van der Waals surface area contributed by atoms with E-state index in [0.29, 0.717) is 30.3 Å². The van der Waals surface area contributed by atoms with Gasteiger partial charge in [0.25, 0.3) is 0 Å². The van der Waals surface area contributed by atoms with Gasteiger partial charge in [-0.3, -0.25) is 4.90 Å². The van der Waals surface area contributed by atoms with Crippen LogP contribution in [0.5, 0.6) is 11.5 Å². The average molecular weight is 413 g/mol. The monoisotopic (exact) mass is 413 g/mol. The minimum absolute atomic E-state index is 0.178. The number of likely N-dealkylation sites (tertiary alicyclic amines) is 1. The lowest BCUT2D eigenvalue weighted by Crippen LogP contribution is -2.46. The molecule has 2 aromatic carbocycles. The standard InChI is InChI=1S/C23H27NO6/c1-28-21-8-17(15-2-4-16(5-3-15)23(26)27)9-22(10-21)29-14-18(25)11-24-12-19-6-7-20(13-24)30-19/h2-5,8-10,18-20,25H,6-7,11-14H2,1H3,(H,26,27)/t18?,19-,20+. The smallest absolute Gasteiger partial charge is 0.335 e. The number of carboxylic acids is 1. The number of rotatable bonds is 8. The van der Waals surface area contributed by atoms with Gasteiger partial charge in [-0.15, -0.1) is 0 Å². The van der Waals surface area contributed by atoms with Crippen molar-refractivity contribution in [3.63, 3.8) is 0 Å². The fraction of sp³-hybridized carbons (Fsp3) is 0.435. The van der Waals surface area contributed by atoms with Crippen LogP contribution in [0.1, 0.15) is 23.2 Å². The van der Waals surface area contributed by atoms with Gasteiger partial charge in [0.15, 0.2) is 0 Å². The molecule has 0 radical (unpaired) electrons. The van der Waals surface area contributed by atoms with Crippen LogP contribution < -0.4 is 9.47 Å². The van der Waals surface area contributed by atoms with E-state index in [1.807, 2.05) is 12.1 Å². The van der Waals surface area contributed by atoms with Gasteiger partial charge in [0.1, 0.15) is 24.2 Å². The van der Waals surface area contributed by atoms with E-state index in [2.05, 4.69) is 4.90 Å². The summed E-state index contributed by atoms with van der Waals surface area (Å²) in [4.78, 5) is 13.3. The van der Waals surface area contributed by atoms with Crippen molar-refractivity contribution in [3.05, 3.63) is 48.0 Å². The Balaban J connectivity index is 1.39. The number of methoxy groups -OCH3 is 1. The minimum Gasteiger partial charge on any atom is -0.497 e. The average Bonchev–Trinajstić information content (AvgIpc) is 3.10. The maximum Gasteiger partial charge on any atom is 0.335 e. The highest BCUT2D eigenvalue weighted by Gasteiger charge is 2.34. The van der Waals surface area contributed by atoms with Gasteiger partial charge in [0.05, 0.1) is 24.9 Å². The number of nitrogens with zero attached hydrogens (tertiary/aromatic N) is 1. The van der Waals surface area contributed by atoms with E-state index in [-0.39, 0.29) is 12.2 Å². The first-order valence-electron chi connectivity index (χ1n) is 10.2. The molecule has 0 spiro atoms. The predicted molar refractivity (Wildman–Crippen MR) is 111 cm³/mol. The van der Waals surface area contributed by atoms with Crippen LogP contribution in [0.25, 0.3) is 11.1 Å². The molecule has 1 unspecified atom stereocenters. The summed E-state index contributed by atoms with van der Waals surface area (Å²) in [7, 11) is 1.58. The number of aromatic carboxylic acids is 1. The predicted octanol–water partition coefficient (Wildman–Crippen LogP) is 2.66. The van der Waals surface area contributed by atoms with Crippen molar-refractivity contribution in [1.82, 2.24) is 4.90 Å². The van der Waals surface area contributed by atoms with Crippen LogP contribution in [0.4, 0.5) is 0 Å². The maximum absolute atomic E-state index is 11.1. The zero-order valence-corrected chi connectivity index (χ0v) is 17.0. The van der Waals surface area contributed by atoms with Crippen molar-refractivity contribution in [1.29, 1.82) is 0 Å². The summed E-state index contributed by atoms with van der Waals surface area (Å²) in [5.74, 6) is 0.260. The lowest BCUT2D eigenvalue weighted by Gasteiger charge is -2.33. The van der Waals surface area contributed by atoms with E-state index in [0.717, 1.165) is 37.1 Å². The first-order valence-corrected chi connectivity index (χ1v) is 10.2. The van der Waals surface area contributed by atoms with Crippen LogP contribution in [0, 0.1) is 0 Å². The van der Waals surface area contributed by atoms with Crippen LogP contribution in [-0.2, 0) is 4.74 Å². The van der Waals surface area contributed by atoms with Gasteiger partial charge in [-0.05, 0) is 48.2 Å². The van der Waals surface area contributed by atoms with Gasteiger partial charge in [-0.1, -0.05) is 12.1 Å². The molecule has 2 aliphatic heterocycles. The van der Waals surface area contributed by atoms with Crippen molar-refractivity contribution >= 4 is 5.97 Å². The second-order valence-corrected chi connectivity index (χ2v) is 7.92. The molecular weight excluding hydrogens is 386 g/mol.